The first-order valence-electron chi connectivity index (χ1n) is 9.27. The van der Waals surface area contributed by atoms with Gasteiger partial charge in [-0.3, -0.25) is 9.59 Å². The second kappa shape index (κ2) is 9.97. The lowest BCUT2D eigenvalue weighted by molar-refractivity contribution is -0.144. The maximum atomic E-state index is 13.1. The van der Waals surface area contributed by atoms with Gasteiger partial charge < -0.3 is 16.0 Å². The molecule has 3 N–H and O–H groups in total. The first-order chi connectivity index (χ1) is 12.5. The first-order valence-corrected chi connectivity index (χ1v) is 10.0. The second-order valence-corrected chi connectivity index (χ2v) is 8.03. The van der Waals surface area contributed by atoms with E-state index in [1.807, 2.05) is 0 Å². The number of halogens is 3. The molecule has 1 unspecified atom stereocenters. The van der Waals surface area contributed by atoms with Gasteiger partial charge in [-0.25, -0.2) is 0 Å². The van der Waals surface area contributed by atoms with Gasteiger partial charge in [0.25, 0.3) is 0 Å². The van der Waals surface area contributed by atoms with Crippen LogP contribution in [0.1, 0.15) is 38.5 Å². The topological polar surface area (TPSA) is 75.4 Å². The standard InChI is InChI=1S/C19H25Cl2N3O2.ClH/c20-13-7-8-16(15(21)10-13)23-18(25)17-6-1-2-9-24(17)19(26)14-5-3-4-12(14)11-22;/h7-8,10,12,14,17H,1-6,9,11,22H2,(H,23,25);1H/t12-,14-,17?;/m1./s1. The van der Waals surface area contributed by atoms with Gasteiger partial charge in [0.05, 0.1) is 10.7 Å². The normalized spacial score (nSPS) is 25.0. The number of hydrogen-bond acceptors (Lipinski definition) is 3. The molecule has 2 aliphatic rings. The average Bonchev–Trinajstić information content (AvgIpc) is 3.12. The third kappa shape index (κ3) is 5.08. The quantitative estimate of drug-likeness (QED) is 0.749. The Morgan fingerprint density at radius 1 is 1.15 bits per heavy atom. The zero-order valence-electron chi connectivity index (χ0n) is 15.1. The monoisotopic (exact) mass is 433 g/mol. The number of carbonyl (C=O) groups is 2. The average molecular weight is 435 g/mol. The third-order valence-electron chi connectivity index (χ3n) is 5.56. The molecule has 0 aromatic heterocycles. The lowest BCUT2D eigenvalue weighted by atomic mass is 9.92. The van der Waals surface area contributed by atoms with E-state index in [1.165, 1.54) is 0 Å². The van der Waals surface area contributed by atoms with E-state index in [-0.39, 0.29) is 36.1 Å². The molecule has 8 heteroatoms. The fourth-order valence-corrected chi connectivity index (χ4v) is 4.59. The van der Waals surface area contributed by atoms with Crippen molar-refractivity contribution in [3.8, 4) is 0 Å². The summed E-state index contributed by atoms with van der Waals surface area (Å²) in [5.41, 5.74) is 6.36. The highest BCUT2D eigenvalue weighted by molar-refractivity contribution is 6.36. The minimum absolute atomic E-state index is 0. The third-order valence-corrected chi connectivity index (χ3v) is 6.10. The summed E-state index contributed by atoms with van der Waals surface area (Å²) in [4.78, 5) is 27.7. The highest BCUT2D eigenvalue weighted by atomic mass is 35.5. The van der Waals surface area contributed by atoms with Crippen LogP contribution < -0.4 is 11.1 Å². The number of nitrogens with one attached hydrogen (secondary N) is 1. The van der Waals surface area contributed by atoms with Crippen molar-refractivity contribution in [1.82, 2.24) is 4.90 Å². The molecule has 0 bridgehead atoms. The van der Waals surface area contributed by atoms with Crippen molar-refractivity contribution >= 4 is 53.1 Å². The van der Waals surface area contributed by atoms with Crippen LogP contribution in [0.3, 0.4) is 0 Å². The zero-order valence-corrected chi connectivity index (χ0v) is 17.5. The molecule has 2 fully saturated rings. The fraction of sp³-hybridized carbons (Fsp3) is 0.579. The van der Waals surface area contributed by atoms with Crippen LogP contribution in [0, 0.1) is 11.8 Å². The predicted octanol–water partition coefficient (Wildman–Crippen LogP) is 4.11. The molecule has 2 amide bonds. The predicted molar refractivity (Wildman–Crippen MR) is 112 cm³/mol. The van der Waals surface area contributed by atoms with Gasteiger partial charge in [-0.2, -0.15) is 0 Å². The summed E-state index contributed by atoms with van der Waals surface area (Å²) >= 11 is 12.1. The maximum Gasteiger partial charge on any atom is 0.247 e. The first kappa shape index (κ1) is 22.3. The van der Waals surface area contributed by atoms with E-state index in [4.69, 9.17) is 28.9 Å². The molecule has 1 aliphatic carbocycles. The van der Waals surface area contributed by atoms with Gasteiger partial charge in [0.1, 0.15) is 6.04 Å². The molecule has 5 nitrogen and oxygen atoms in total. The minimum Gasteiger partial charge on any atom is -0.330 e. The Bertz CT molecular complexity index is 686. The number of hydrogen-bond donors (Lipinski definition) is 2. The van der Waals surface area contributed by atoms with Gasteiger partial charge in [0, 0.05) is 17.5 Å². The molecule has 27 heavy (non-hydrogen) atoms. The zero-order chi connectivity index (χ0) is 18.7. The molecule has 1 aliphatic heterocycles. The summed E-state index contributed by atoms with van der Waals surface area (Å²) in [6, 6.07) is 4.49. The molecule has 0 radical (unpaired) electrons. The van der Waals surface area contributed by atoms with Crippen molar-refractivity contribution in [2.45, 2.75) is 44.6 Å². The molecule has 1 heterocycles. The molecule has 1 saturated carbocycles. The van der Waals surface area contributed by atoms with Crippen molar-refractivity contribution in [2.75, 3.05) is 18.4 Å². The van der Waals surface area contributed by atoms with E-state index in [2.05, 4.69) is 5.32 Å². The molecular formula is C19H26Cl3N3O2. The number of anilines is 1. The van der Waals surface area contributed by atoms with Crippen LogP contribution in [0.25, 0.3) is 0 Å². The highest BCUT2D eigenvalue weighted by Crippen LogP contribution is 2.34. The Morgan fingerprint density at radius 2 is 1.93 bits per heavy atom. The van der Waals surface area contributed by atoms with Gasteiger partial charge in [-0.05, 0) is 62.8 Å². The number of likely N-dealkylation sites (tertiary alicyclic amines) is 1. The summed E-state index contributed by atoms with van der Waals surface area (Å²) in [5.74, 6) is 0.0796. The van der Waals surface area contributed by atoms with Crippen molar-refractivity contribution in [3.05, 3.63) is 28.2 Å². The van der Waals surface area contributed by atoms with Crippen molar-refractivity contribution in [2.24, 2.45) is 17.6 Å². The van der Waals surface area contributed by atoms with E-state index in [1.54, 1.807) is 23.1 Å². The molecule has 150 valence electrons. The van der Waals surface area contributed by atoms with Gasteiger partial charge in [0.2, 0.25) is 11.8 Å². The summed E-state index contributed by atoms with van der Waals surface area (Å²) in [6.07, 6.45) is 5.43. The Balaban J connectivity index is 0.00000261. The maximum absolute atomic E-state index is 13.1. The second-order valence-electron chi connectivity index (χ2n) is 7.19. The lowest BCUT2D eigenvalue weighted by Gasteiger charge is -2.37. The Morgan fingerprint density at radius 3 is 2.63 bits per heavy atom. The van der Waals surface area contributed by atoms with E-state index < -0.39 is 6.04 Å². The van der Waals surface area contributed by atoms with Crippen molar-refractivity contribution < 1.29 is 9.59 Å². The van der Waals surface area contributed by atoms with Crippen LogP contribution in [0.15, 0.2) is 18.2 Å². The van der Waals surface area contributed by atoms with Gasteiger partial charge in [-0.1, -0.05) is 29.6 Å². The number of piperidine rings is 1. The molecule has 1 aromatic carbocycles. The highest BCUT2D eigenvalue weighted by Gasteiger charge is 2.39. The number of benzene rings is 1. The van der Waals surface area contributed by atoms with E-state index in [0.717, 1.165) is 32.1 Å². The summed E-state index contributed by atoms with van der Waals surface area (Å²) in [6.45, 7) is 1.15. The van der Waals surface area contributed by atoms with Crippen LogP contribution >= 0.6 is 35.6 Å². The molecule has 3 atom stereocenters. The van der Waals surface area contributed by atoms with Crippen molar-refractivity contribution in [3.63, 3.8) is 0 Å². The SMILES string of the molecule is Cl.NC[C@H]1CCC[C@H]1C(=O)N1CCCCC1C(=O)Nc1ccc(Cl)cc1Cl. The Labute approximate surface area is 176 Å². The number of carbonyl (C=O) groups excluding carboxylic acids is 2. The minimum atomic E-state index is -0.456. The van der Waals surface area contributed by atoms with Crippen LogP contribution in [0.2, 0.25) is 10.0 Å². The number of amides is 2. The summed E-state index contributed by atoms with van der Waals surface area (Å²) < 4.78 is 0. The van der Waals surface area contributed by atoms with Crippen molar-refractivity contribution in [1.29, 1.82) is 0 Å². The van der Waals surface area contributed by atoms with Gasteiger partial charge >= 0.3 is 0 Å². The number of rotatable bonds is 4. The Hall–Kier alpha value is -1.01. The van der Waals surface area contributed by atoms with Crippen LogP contribution in [-0.4, -0.2) is 35.8 Å². The van der Waals surface area contributed by atoms with E-state index in [9.17, 15) is 9.59 Å². The largest absolute Gasteiger partial charge is 0.330 e. The number of nitrogens with zero attached hydrogens (tertiary/aromatic N) is 1. The molecule has 0 spiro atoms. The summed E-state index contributed by atoms with van der Waals surface area (Å²) in [7, 11) is 0. The molecule has 1 aromatic rings. The van der Waals surface area contributed by atoms with E-state index >= 15 is 0 Å². The van der Waals surface area contributed by atoms with Crippen LogP contribution in [-0.2, 0) is 9.59 Å². The van der Waals surface area contributed by atoms with Crippen LogP contribution in [0.4, 0.5) is 5.69 Å². The fourth-order valence-electron chi connectivity index (χ4n) is 4.13. The van der Waals surface area contributed by atoms with Gasteiger partial charge in [-0.15, -0.1) is 12.4 Å². The number of nitrogens with two attached hydrogens (primary N) is 1. The Kier molecular flexibility index (Phi) is 8.22. The van der Waals surface area contributed by atoms with Crippen LogP contribution in [0.5, 0.6) is 0 Å². The smallest absolute Gasteiger partial charge is 0.247 e. The van der Waals surface area contributed by atoms with Gasteiger partial charge in [0.15, 0.2) is 0 Å². The summed E-state index contributed by atoms with van der Waals surface area (Å²) in [5, 5.41) is 3.76. The molecule has 1 saturated heterocycles. The lowest BCUT2D eigenvalue weighted by Crippen LogP contribution is -2.52. The molecule has 3 rings (SSSR count). The van der Waals surface area contributed by atoms with E-state index in [0.29, 0.717) is 35.2 Å². The molecular weight excluding hydrogens is 409 g/mol.